The normalized spacial score (nSPS) is 11.5. The topological polar surface area (TPSA) is 75.7 Å². The van der Waals surface area contributed by atoms with Gasteiger partial charge in [-0.15, -0.1) is 11.3 Å². The van der Waals surface area contributed by atoms with E-state index in [9.17, 15) is 13.2 Å². The maximum absolute atomic E-state index is 13.3. The molecule has 1 N–H and O–H groups in total. The van der Waals surface area contributed by atoms with E-state index < -0.39 is 10.0 Å². The molecule has 6 nitrogen and oxygen atoms in total. The molecule has 36 heavy (non-hydrogen) atoms. The van der Waals surface area contributed by atoms with Crippen molar-refractivity contribution in [1.29, 1.82) is 0 Å². The van der Waals surface area contributed by atoms with Crippen LogP contribution in [-0.4, -0.2) is 28.5 Å². The zero-order chi connectivity index (χ0) is 25.4. The van der Waals surface area contributed by atoms with Crippen molar-refractivity contribution < 1.29 is 17.9 Å². The number of ether oxygens (including phenoxy) is 1. The summed E-state index contributed by atoms with van der Waals surface area (Å²) in [6, 6.07) is 25.6. The van der Waals surface area contributed by atoms with Gasteiger partial charge in [0.1, 0.15) is 5.75 Å². The highest BCUT2D eigenvalue weighted by Gasteiger charge is 2.23. The molecule has 1 aromatic heterocycles. The van der Waals surface area contributed by atoms with E-state index in [0.29, 0.717) is 16.3 Å². The van der Waals surface area contributed by atoms with Crippen molar-refractivity contribution in [2.24, 2.45) is 0 Å². The average molecular weight is 517 g/mol. The fourth-order valence-corrected chi connectivity index (χ4v) is 6.38. The van der Waals surface area contributed by atoms with Crippen molar-refractivity contribution in [2.75, 3.05) is 23.8 Å². The minimum Gasteiger partial charge on any atom is -0.496 e. The van der Waals surface area contributed by atoms with Gasteiger partial charge in [0.05, 0.1) is 22.6 Å². The lowest BCUT2D eigenvalue weighted by molar-refractivity contribution is 0.103. The van der Waals surface area contributed by atoms with Gasteiger partial charge >= 0.3 is 0 Å². The number of fused-ring (bicyclic) bond motifs is 2. The van der Waals surface area contributed by atoms with Crippen molar-refractivity contribution in [2.45, 2.75) is 11.8 Å². The lowest BCUT2D eigenvalue weighted by atomic mass is 10.1. The summed E-state index contributed by atoms with van der Waals surface area (Å²) < 4.78 is 33.9. The van der Waals surface area contributed by atoms with Crippen molar-refractivity contribution >= 4 is 59.5 Å². The SMILES string of the molecule is COc1ccc(S(=O)(=O)N(C)c2ccc3sc(C(=O)Nc4cccc5ccccc45)cc3c2)cc1C. The third-order valence-electron chi connectivity index (χ3n) is 6.15. The maximum Gasteiger partial charge on any atom is 0.265 e. The maximum atomic E-state index is 13.3. The third-order valence-corrected chi connectivity index (χ3v) is 9.05. The molecule has 0 unspecified atom stereocenters. The zero-order valence-electron chi connectivity index (χ0n) is 20.0. The van der Waals surface area contributed by atoms with Crippen LogP contribution in [0.2, 0.25) is 0 Å². The third kappa shape index (κ3) is 4.29. The Kier molecular flexibility index (Phi) is 6.15. The van der Waals surface area contributed by atoms with Crippen LogP contribution >= 0.6 is 11.3 Å². The molecule has 5 aromatic rings. The summed E-state index contributed by atoms with van der Waals surface area (Å²) in [5.41, 5.74) is 1.99. The first-order valence-electron chi connectivity index (χ1n) is 11.2. The molecule has 0 saturated carbocycles. The van der Waals surface area contributed by atoms with Crippen LogP contribution in [0.1, 0.15) is 15.2 Å². The first kappa shape index (κ1) is 23.8. The highest BCUT2D eigenvalue weighted by molar-refractivity contribution is 7.92. The number of sulfonamides is 1. The summed E-state index contributed by atoms with van der Waals surface area (Å²) in [4.78, 5) is 13.8. The van der Waals surface area contributed by atoms with Gasteiger partial charge in [0.25, 0.3) is 15.9 Å². The first-order valence-corrected chi connectivity index (χ1v) is 13.5. The number of nitrogens with one attached hydrogen (secondary N) is 1. The number of nitrogens with zero attached hydrogens (tertiary/aromatic N) is 1. The standard InChI is InChI=1S/C28H24N2O4S2/c1-18-15-22(12-13-25(18)34-3)36(32,33)30(2)21-11-14-26-20(16-21)17-27(35-26)28(31)29-24-10-6-8-19-7-4-5-9-23(19)24/h4-17H,1-3H3,(H,29,31). The van der Waals surface area contributed by atoms with E-state index in [4.69, 9.17) is 4.74 Å². The number of hydrogen-bond donors (Lipinski definition) is 1. The molecule has 5 rings (SSSR count). The Bertz CT molecular complexity index is 1720. The molecule has 4 aromatic carbocycles. The Balaban J connectivity index is 1.43. The Morgan fingerprint density at radius 3 is 2.47 bits per heavy atom. The van der Waals surface area contributed by atoms with Gasteiger partial charge in [-0.2, -0.15) is 0 Å². The second kappa shape index (κ2) is 9.29. The Morgan fingerprint density at radius 2 is 1.69 bits per heavy atom. The van der Waals surface area contributed by atoms with Crippen molar-refractivity contribution in [3.8, 4) is 5.75 Å². The van der Waals surface area contributed by atoms with E-state index >= 15 is 0 Å². The summed E-state index contributed by atoms with van der Waals surface area (Å²) in [6.45, 7) is 1.81. The lowest BCUT2D eigenvalue weighted by Gasteiger charge is -2.20. The summed E-state index contributed by atoms with van der Waals surface area (Å²) in [5.74, 6) is 0.425. The average Bonchev–Trinajstić information content (AvgIpc) is 3.32. The van der Waals surface area contributed by atoms with E-state index in [-0.39, 0.29) is 10.8 Å². The Hall–Kier alpha value is -3.88. The second-order valence-corrected chi connectivity index (χ2v) is 11.5. The second-order valence-electron chi connectivity index (χ2n) is 8.42. The molecule has 0 bridgehead atoms. The van der Waals surface area contributed by atoms with Crippen molar-refractivity contribution in [3.63, 3.8) is 0 Å². The number of carbonyl (C=O) groups excluding carboxylic acids is 1. The quantitative estimate of drug-likeness (QED) is 0.281. The molecule has 182 valence electrons. The molecule has 8 heteroatoms. The molecule has 0 radical (unpaired) electrons. The summed E-state index contributed by atoms with van der Waals surface area (Å²) in [5, 5.41) is 5.83. The Labute approximate surface area is 213 Å². The summed E-state index contributed by atoms with van der Waals surface area (Å²) >= 11 is 1.37. The van der Waals surface area contributed by atoms with Gasteiger partial charge in [-0.1, -0.05) is 36.4 Å². The van der Waals surface area contributed by atoms with Gasteiger partial charge in [0, 0.05) is 22.8 Å². The molecule has 1 heterocycles. The number of rotatable bonds is 6. The predicted octanol–water partition coefficient (Wildman–Crippen LogP) is 6.45. The van der Waals surface area contributed by atoms with Crippen LogP contribution in [0.15, 0.2) is 89.8 Å². The Morgan fingerprint density at radius 1 is 0.917 bits per heavy atom. The fourth-order valence-electron chi connectivity index (χ4n) is 4.17. The van der Waals surface area contributed by atoms with E-state index in [0.717, 1.165) is 32.1 Å². The molecule has 0 aliphatic heterocycles. The minimum atomic E-state index is -3.78. The first-order chi connectivity index (χ1) is 17.3. The van der Waals surface area contributed by atoms with Crippen molar-refractivity contribution in [1.82, 2.24) is 0 Å². The molecule has 1 amide bonds. The van der Waals surface area contributed by atoms with Crippen LogP contribution in [0.5, 0.6) is 5.75 Å². The molecule has 0 saturated heterocycles. The molecule has 0 fully saturated rings. The molecular weight excluding hydrogens is 492 g/mol. The number of anilines is 2. The van der Waals surface area contributed by atoms with Crippen LogP contribution in [0, 0.1) is 6.92 Å². The molecule has 0 atom stereocenters. The minimum absolute atomic E-state index is 0.184. The molecule has 0 aliphatic rings. The van der Waals surface area contributed by atoms with Crippen LogP contribution in [0.25, 0.3) is 20.9 Å². The van der Waals surface area contributed by atoms with Crippen LogP contribution in [0.3, 0.4) is 0 Å². The summed E-state index contributed by atoms with van der Waals surface area (Å²) in [7, 11) is -0.702. The van der Waals surface area contributed by atoms with Gasteiger partial charge in [-0.05, 0) is 71.8 Å². The van der Waals surface area contributed by atoms with Crippen LogP contribution in [0.4, 0.5) is 11.4 Å². The molecular formula is C28H24N2O4S2. The zero-order valence-corrected chi connectivity index (χ0v) is 21.6. The smallest absolute Gasteiger partial charge is 0.265 e. The number of hydrogen-bond acceptors (Lipinski definition) is 5. The lowest BCUT2D eigenvalue weighted by Crippen LogP contribution is -2.26. The van der Waals surface area contributed by atoms with E-state index in [1.165, 1.54) is 28.8 Å². The van der Waals surface area contributed by atoms with Crippen LogP contribution < -0.4 is 14.4 Å². The summed E-state index contributed by atoms with van der Waals surface area (Å²) in [6.07, 6.45) is 0. The largest absolute Gasteiger partial charge is 0.496 e. The number of methoxy groups -OCH3 is 1. The highest BCUT2D eigenvalue weighted by atomic mass is 32.2. The van der Waals surface area contributed by atoms with Gasteiger partial charge in [-0.3, -0.25) is 9.10 Å². The number of carbonyl (C=O) groups is 1. The molecule has 0 spiro atoms. The molecule has 0 aliphatic carbocycles. The van der Waals surface area contributed by atoms with Gasteiger partial charge < -0.3 is 10.1 Å². The number of aryl methyl sites for hydroxylation is 1. The monoisotopic (exact) mass is 516 g/mol. The van der Waals surface area contributed by atoms with Crippen LogP contribution in [-0.2, 0) is 10.0 Å². The van der Waals surface area contributed by atoms with E-state index in [1.807, 2.05) is 48.5 Å². The van der Waals surface area contributed by atoms with Gasteiger partial charge in [0.2, 0.25) is 0 Å². The highest BCUT2D eigenvalue weighted by Crippen LogP contribution is 2.33. The fraction of sp³-hybridized carbons (Fsp3) is 0.107. The van der Waals surface area contributed by atoms with E-state index in [1.54, 1.807) is 44.4 Å². The van der Waals surface area contributed by atoms with Gasteiger partial charge in [0.15, 0.2) is 0 Å². The van der Waals surface area contributed by atoms with Gasteiger partial charge in [-0.25, -0.2) is 8.42 Å². The van der Waals surface area contributed by atoms with Crippen molar-refractivity contribution in [3.05, 3.63) is 95.4 Å². The number of amides is 1. The number of thiophene rings is 1. The number of benzene rings is 4. The predicted molar refractivity (Wildman–Crippen MR) is 147 cm³/mol. The van der Waals surface area contributed by atoms with E-state index in [2.05, 4.69) is 5.32 Å².